The predicted octanol–water partition coefficient (Wildman–Crippen LogP) is 6.60. The Bertz CT molecular complexity index is 1750. The molecule has 2 heterocycles. The van der Waals surface area contributed by atoms with Gasteiger partial charge in [-0.2, -0.15) is 0 Å². The van der Waals surface area contributed by atoms with Crippen LogP contribution in [0.15, 0.2) is 6.07 Å². The molecular formula is C31H31Cl2F2NO10S. The van der Waals surface area contributed by atoms with Gasteiger partial charge in [-0.15, -0.1) is 11.3 Å². The zero-order valence-electron chi connectivity index (χ0n) is 25.7. The number of carbonyl (C=O) groups is 4. The van der Waals surface area contributed by atoms with Gasteiger partial charge in [-0.25, -0.2) is 8.78 Å². The number of halogens is 4. The molecule has 0 unspecified atom stereocenters. The molecular weight excluding hydrogens is 687 g/mol. The fraction of sp³-hybridized carbons (Fsp3) is 0.419. The Morgan fingerprint density at radius 2 is 1.38 bits per heavy atom. The fourth-order valence-electron chi connectivity index (χ4n) is 4.94. The summed E-state index contributed by atoms with van der Waals surface area (Å²) in [4.78, 5) is 49.1. The number of hydrogen-bond acceptors (Lipinski definition) is 9. The van der Waals surface area contributed by atoms with E-state index in [-0.39, 0.29) is 88.9 Å². The van der Waals surface area contributed by atoms with Crippen LogP contribution in [0.25, 0.3) is 10.1 Å². The molecule has 0 aliphatic carbocycles. The Labute approximate surface area is 281 Å². The zero-order chi connectivity index (χ0) is 34.7. The molecule has 1 amide bonds. The summed E-state index contributed by atoms with van der Waals surface area (Å²) in [7, 11) is 2.50. The highest BCUT2D eigenvalue weighted by Crippen LogP contribution is 2.50. The summed E-state index contributed by atoms with van der Waals surface area (Å²) in [6, 6.07) is 1.51. The van der Waals surface area contributed by atoms with Gasteiger partial charge in [0.2, 0.25) is 11.7 Å². The van der Waals surface area contributed by atoms with Gasteiger partial charge in [0.05, 0.1) is 53.9 Å². The van der Waals surface area contributed by atoms with Crippen LogP contribution in [0.2, 0.25) is 10.0 Å². The molecule has 0 saturated carbocycles. The molecule has 2 atom stereocenters. The number of Topliss-reactive ketones (excluding diaryl/α,β-unsaturated/α-hetero) is 1. The van der Waals surface area contributed by atoms with Crippen LogP contribution in [0.1, 0.15) is 53.9 Å². The number of carboxylic acid groups (broad SMARTS) is 2. The number of hydrogen-bond donors (Lipinski definition) is 2. The quantitative estimate of drug-likeness (QED) is 0.130. The number of carbonyl (C=O) groups excluding carboxylic acids is 2. The molecule has 2 N–H and O–H groups in total. The molecule has 3 aromatic rings. The van der Waals surface area contributed by atoms with E-state index in [0.717, 1.165) is 18.4 Å². The second-order valence-electron chi connectivity index (χ2n) is 10.9. The highest BCUT2D eigenvalue weighted by Gasteiger charge is 2.35. The number of amides is 1. The van der Waals surface area contributed by atoms with E-state index in [1.807, 2.05) is 0 Å². The summed E-state index contributed by atoms with van der Waals surface area (Å²) in [5, 5.41) is 18.9. The second-order valence-corrected chi connectivity index (χ2v) is 12.7. The second kappa shape index (κ2) is 14.9. The maximum Gasteiger partial charge on any atom is 0.306 e. The summed E-state index contributed by atoms with van der Waals surface area (Å²) >= 11 is 14.2. The SMILES string of the molecule is COc1c(F)c2c(c(F)c1OCCCOc1c(OC)c(Cl)c3sc(C(=O)C[C@H](C)C(=O)O)cc3c1Cl)CN(C(=O)C[C@H](C)C(=O)O)C2. The van der Waals surface area contributed by atoms with E-state index in [1.165, 1.54) is 31.9 Å². The molecule has 1 aliphatic heterocycles. The molecule has 1 aliphatic rings. The Hall–Kier alpha value is -3.88. The molecule has 1 aromatic heterocycles. The number of benzene rings is 2. The third-order valence-electron chi connectivity index (χ3n) is 7.60. The standard InChI is InChI=1S/C31H31Cl2F2NO10S/c1-13(30(39)40)8-18(37)19-10-15-21(32)26(25(43-3)22(33)29(15)47-19)45-6-5-7-46-28-24(35)17-12-36(20(38)9-14(2)31(41)42)11-16(17)23(34)27(28)44-4/h10,13-14H,5-9,11-12H2,1-4H3,(H,39,40)(H,41,42)/t13-,14-/m0/s1. The van der Waals surface area contributed by atoms with Crippen molar-refractivity contribution in [2.45, 2.75) is 46.2 Å². The van der Waals surface area contributed by atoms with E-state index >= 15 is 8.78 Å². The lowest BCUT2D eigenvalue weighted by Crippen LogP contribution is -2.28. The van der Waals surface area contributed by atoms with Crippen molar-refractivity contribution < 1.29 is 57.1 Å². The van der Waals surface area contributed by atoms with Crippen LogP contribution in [-0.2, 0) is 27.5 Å². The maximum absolute atomic E-state index is 15.6. The van der Waals surface area contributed by atoms with Gasteiger partial charge < -0.3 is 34.1 Å². The first-order valence-electron chi connectivity index (χ1n) is 14.3. The summed E-state index contributed by atoms with van der Waals surface area (Å²) in [6.07, 6.45) is -0.383. The van der Waals surface area contributed by atoms with E-state index in [4.69, 9.17) is 52.4 Å². The molecule has 0 spiro atoms. The van der Waals surface area contributed by atoms with Gasteiger partial charge in [-0.1, -0.05) is 37.0 Å². The number of nitrogens with zero attached hydrogens (tertiary/aromatic N) is 1. The van der Waals surface area contributed by atoms with Crippen LogP contribution in [0.4, 0.5) is 8.78 Å². The third-order valence-corrected chi connectivity index (χ3v) is 9.64. The number of thiophene rings is 1. The number of ether oxygens (including phenoxy) is 4. The largest absolute Gasteiger partial charge is 0.491 e. The highest BCUT2D eigenvalue weighted by molar-refractivity contribution is 7.21. The normalized spacial score (nSPS) is 13.7. The number of fused-ring (bicyclic) bond motifs is 2. The first-order valence-corrected chi connectivity index (χ1v) is 15.9. The maximum atomic E-state index is 15.6. The molecule has 254 valence electrons. The summed E-state index contributed by atoms with van der Waals surface area (Å²) in [5.41, 5.74) is -0.161. The third kappa shape index (κ3) is 7.34. The first kappa shape index (κ1) is 36.0. The monoisotopic (exact) mass is 717 g/mol. The van der Waals surface area contributed by atoms with Gasteiger partial charge in [0.25, 0.3) is 0 Å². The van der Waals surface area contributed by atoms with Crippen molar-refractivity contribution in [2.75, 3.05) is 27.4 Å². The molecule has 4 rings (SSSR count). The molecule has 2 aromatic carbocycles. The van der Waals surface area contributed by atoms with Crippen LogP contribution in [-0.4, -0.2) is 66.2 Å². The summed E-state index contributed by atoms with van der Waals surface area (Å²) in [5.74, 6) is -7.59. The van der Waals surface area contributed by atoms with Gasteiger partial charge in [0.15, 0.2) is 34.7 Å². The van der Waals surface area contributed by atoms with E-state index < -0.39 is 52.8 Å². The van der Waals surface area contributed by atoms with Crippen LogP contribution < -0.4 is 18.9 Å². The molecule has 0 fully saturated rings. The topological polar surface area (TPSA) is 149 Å². The fourth-order valence-corrected chi connectivity index (χ4v) is 6.71. The highest BCUT2D eigenvalue weighted by atomic mass is 35.5. The Kier molecular flexibility index (Phi) is 11.4. The molecule has 47 heavy (non-hydrogen) atoms. The van der Waals surface area contributed by atoms with Crippen molar-refractivity contribution >= 4 is 68.3 Å². The van der Waals surface area contributed by atoms with Crippen molar-refractivity contribution in [3.63, 3.8) is 0 Å². The van der Waals surface area contributed by atoms with Crippen molar-refractivity contribution in [3.05, 3.63) is 43.8 Å². The van der Waals surface area contributed by atoms with E-state index in [1.54, 1.807) is 0 Å². The minimum Gasteiger partial charge on any atom is -0.491 e. The van der Waals surface area contributed by atoms with Crippen molar-refractivity contribution in [3.8, 4) is 23.0 Å². The van der Waals surface area contributed by atoms with E-state index in [0.29, 0.717) is 10.1 Å². The number of aliphatic carboxylic acids is 2. The van der Waals surface area contributed by atoms with Gasteiger partial charge in [0.1, 0.15) is 5.02 Å². The van der Waals surface area contributed by atoms with Crippen LogP contribution in [0.5, 0.6) is 23.0 Å². The Morgan fingerprint density at radius 1 is 0.851 bits per heavy atom. The zero-order valence-corrected chi connectivity index (χ0v) is 28.0. The van der Waals surface area contributed by atoms with Gasteiger partial charge in [-0.3, -0.25) is 19.2 Å². The number of methoxy groups -OCH3 is 2. The molecule has 11 nitrogen and oxygen atoms in total. The smallest absolute Gasteiger partial charge is 0.306 e. The molecule has 16 heteroatoms. The van der Waals surface area contributed by atoms with Gasteiger partial charge >= 0.3 is 11.9 Å². The van der Waals surface area contributed by atoms with Crippen molar-refractivity contribution in [1.82, 2.24) is 4.90 Å². The predicted molar refractivity (Wildman–Crippen MR) is 168 cm³/mol. The van der Waals surface area contributed by atoms with Crippen LogP contribution in [0, 0.1) is 23.5 Å². The van der Waals surface area contributed by atoms with E-state index in [2.05, 4.69) is 0 Å². The molecule has 0 radical (unpaired) electrons. The first-order chi connectivity index (χ1) is 22.2. The summed E-state index contributed by atoms with van der Waals surface area (Å²) < 4.78 is 53.4. The van der Waals surface area contributed by atoms with Crippen LogP contribution in [0.3, 0.4) is 0 Å². The Morgan fingerprint density at radius 3 is 1.94 bits per heavy atom. The minimum atomic E-state index is -1.16. The minimum absolute atomic E-state index is 0.0363. The average molecular weight is 719 g/mol. The lowest BCUT2D eigenvalue weighted by molar-refractivity contribution is -0.145. The molecule has 0 bridgehead atoms. The number of ketones is 1. The van der Waals surface area contributed by atoms with Gasteiger partial charge in [0, 0.05) is 48.9 Å². The number of carboxylic acids is 2. The van der Waals surface area contributed by atoms with Crippen molar-refractivity contribution in [2.24, 2.45) is 11.8 Å². The number of rotatable bonds is 15. The average Bonchev–Trinajstić information content (AvgIpc) is 3.68. The Balaban J connectivity index is 1.46. The summed E-state index contributed by atoms with van der Waals surface area (Å²) in [6.45, 7) is 2.10. The lowest BCUT2D eigenvalue weighted by atomic mass is 10.0. The van der Waals surface area contributed by atoms with Gasteiger partial charge in [-0.05, 0) is 6.07 Å². The van der Waals surface area contributed by atoms with Crippen LogP contribution >= 0.6 is 34.5 Å². The molecule has 0 saturated heterocycles. The lowest BCUT2D eigenvalue weighted by Gasteiger charge is -2.17. The van der Waals surface area contributed by atoms with Crippen molar-refractivity contribution in [1.29, 1.82) is 0 Å². The van der Waals surface area contributed by atoms with E-state index in [9.17, 15) is 19.2 Å².